The molecule has 0 unspecified atom stereocenters. The lowest BCUT2D eigenvalue weighted by Gasteiger charge is -2.09. The van der Waals surface area contributed by atoms with Crippen molar-refractivity contribution >= 4 is 11.6 Å². The van der Waals surface area contributed by atoms with Gasteiger partial charge in [0.2, 0.25) is 5.88 Å². The van der Waals surface area contributed by atoms with E-state index in [1.54, 1.807) is 53.6 Å². The molecular weight excluding hydrogens is 366 g/mol. The van der Waals surface area contributed by atoms with E-state index < -0.39 is 0 Å². The van der Waals surface area contributed by atoms with Gasteiger partial charge in [-0.05, 0) is 48.4 Å². The van der Waals surface area contributed by atoms with Gasteiger partial charge < -0.3 is 10.1 Å². The van der Waals surface area contributed by atoms with Crippen molar-refractivity contribution in [2.24, 2.45) is 0 Å². The van der Waals surface area contributed by atoms with E-state index in [0.29, 0.717) is 28.7 Å². The summed E-state index contributed by atoms with van der Waals surface area (Å²) in [5, 5.41) is 2.88. The summed E-state index contributed by atoms with van der Waals surface area (Å²) in [5.41, 5.74) is 2.50. The van der Waals surface area contributed by atoms with Crippen LogP contribution in [0, 0.1) is 0 Å². The molecule has 0 aliphatic heterocycles. The van der Waals surface area contributed by atoms with Gasteiger partial charge >= 0.3 is 0 Å². The van der Waals surface area contributed by atoms with Crippen LogP contribution in [-0.4, -0.2) is 25.4 Å². The van der Waals surface area contributed by atoms with Gasteiger partial charge in [0.05, 0.1) is 0 Å². The van der Waals surface area contributed by atoms with Gasteiger partial charge in [-0.2, -0.15) is 0 Å². The van der Waals surface area contributed by atoms with Crippen LogP contribution in [0.15, 0.2) is 79.6 Å². The van der Waals surface area contributed by atoms with Crippen molar-refractivity contribution in [3.8, 4) is 17.4 Å². The molecule has 0 spiro atoms. The van der Waals surface area contributed by atoms with Crippen molar-refractivity contribution in [2.45, 2.75) is 13.3 Å². The molecule has 0 aliphatic carbocycles. The molecule has 2 aromatic heterocycles. The van der Waals surface area contributed by atoms with Gasteiger partial charge in [-0.15, -0.1) is 0 Å². The molecule has 0 aliphatic rings. The molecule has 0 bridgehead atoms. The van der Waals surface area contributed by atoms with E-state index in [9.17, 15) is 4.79 Å². The molecule has 7 nitrogen and oxygen atoms in total. The predicted molar refractivity (Wildman–Crippen MR) is 109 cm³/mol. The average molecular weight is 385 g/mol. The number of hydrogen-bond donors (Lipinski definition) is 1. The molecule has 0 saturated heterocycles. The molecule has 4 aromatic rings. The van der Waals surface area contributed by atoms with E-state index >= 15 is 0 Å². The minimum absolute atomic E-state index is 0.151. The molecule has 4 rings (SSSR count). The van der Waals surface area contributed by atoms with Crippen LogP contribution in [0.2, 0.25) is 0 Å². The second-order valence-corrected chi connectivity index (χ2v) is 6.32. The molecule has 1 N–H and O–H groups in total. The van der Waals surface area contributed by atoms with E-state index in [1.165, 1.54) is 11.9 Å². The second-order valence-electron chi connectivity index (χ2n) is 6.32. The summed E-state index contributed by atoms with van der Waals surface area (Å²) in [6, 6.07) is 16.4. The fraction of sp³-hybridized carbons (Fsp3) is 0.0909. The molecule has 2 heterocycles. The van der Waals surface area contributed by atoms with Crippen molar-refractivity contribution in [3.05, 3.63) is 90.8 Å². The first-order valence-electron chi connectivity index (χ1n) is 9.20. The van der Waals surface area contributed by atoms with E-state index in [4.69, 9.17) is 4.74 Å². The Kier molecular flexibility index (Phi) is 5.29. The highest BCUT2D eigenvalue weighted by molar-refractivity contribution is 6.04. The highest BCUT2D eigenvalue weighted by Crippen LogP contribution is 2.22. The Morgan fingerprint density at radius 1 is 1.07 bits per heavy atom. The standard InChI is InChI=1S/C22H19N5O2/c1-2-16-3-5-17(6-4-16)22(28)26-18-7-9-19(10-8-18)29-21-13-20(24-14-25-21)27-12-11-23-15-27/h3-15H,2H2,1H3,(H,26,28). The number of nitrogens with zero attached hydrogens (tertiary/aromatic N) is 4. The number of carbonyl (C=O) groups excluding carboxylic acids is 1. The van der Waals surface area contributed by atoms with E-state index in [1.807, 2.05) is 24.3 Å². The van der Waals surface area contributed by atoms with Crippen LogP contribution in [0.1, 0.15) is 22.8 Å². The fourth-order valence-corrected chi connectivity index (χ4v) is 2.74. The van der Waals surface area contributed by atoms with Gasteiger partial charge in [0.15, 0.2) is 0 Å². The minimum Gasteiger partial charge on any atom is -0.439 e. The number of ether oxygens (including phenoxy) is 1. The number of hydrogen-bond acceptors (Lipinski definition) is 5. The number of anilines is 1. The normalized spacial score (nSPS) is 10.5. The molecule has 1 amide bonds. The number of benzene rings is 2. The third-order valence-corrected chi connectivity index (χ3v) is 4.36. The lowest BCUT2D eigenvalue weighted by Crippen LogP contribution is -2.11. The number of rotatable bonds is 6. The highest BCUT2D eigenvalue weighted by Gasteiger charge is 2.07. The van der Waals surface area contributed by atoms with Crippen molar-refractivity contribution < 1.29 is 9.53 Å². The Bertz CT molecular complexity index is 1090. The van der Waals surface area contributed by atoms with Crippen LogP contribution in [0.25, 0.3) is 5.82 Å². The van der Waals surface area contributed by atoms with Crippen LogP contribution in [0.5, 0.6) is 11.6 Å². The maximum Gasteiger partial charge on any atom is 0.255 e. The molecule has 144 valence electrons. The maximum atomic E-state index is 12.4. The van der Waals surface area contributed by atoms with Crippen LogP contribution in [0.4, 0.5) is 5.69 Å². The Balaban J connectivity index is 1.41. The highest BCUT2D eigenvalue weighted by atomic mass is 16.5. The third kappa shape index (κ3) is 4.47. The van der Waals surface area contributed by atoms with Gasteiger partial charge in [-0.1, -0.05) is 19.1 Å². The topological polar surface area (TPSA) is 81.9 Å². The largest absolute Gasteiger partial charge is 0.439 e. The number of imidazole rings is 1. The minimum atomic E-state index is -0.151. The third-order valence-electron chi connectivity index (χ3n) is 4.36. The first-order valence-corrected chi connectivity index (χ1v) is 9.20. The number of amides is 1. The maximum absolute atomic E-state index is 12.4. The monoisotopic (exact) mass is 385 g/mol. The smallest absolute Gasteiger partial charge is 0.255 e. The lowest BCUT2D eigenvalue weighted by molar-refractivity contribution is 0.102. The molecule has 7 heteroatoms. The molecule has 29 heavy (non-hydrogen) atoms. The Morgan fingerprint density at radius 2 is 1.86 bits per heavy atom. The number of nitrogens with one attached hydrogen (secondary N) is 1. The van der Waals surface area contributed by atoms with Crippen molar-refractivity contribution in [1.29, 1.82) is 0 Å². The summed E-state index contributed by atoms with van der Waals surface area (Å²) in [4.78, 5) is 24.7. The summed E-state index contributed by atoms with van der Waals surface area (Å²) < 4.78 is 7.55. The number of aromatic nitrogens is 4. The average Bonchev–Trinajstić information content (AvgIpc) is 3.30. The predicted octanol–water partition coefficient (Wildman–Crippen LogP) is 4.27. The SMILES string of the molecule is CCc1ccc(C(=O)Nc2ccc(Oc3cc(-n4ccnc4)ncn3)cc2)cc1. The van der Waals surface area contributed by atoms with Gasteiger partial charge in [-0.25, -0.2) is 15.0 Å². The van der Waals surface area contributed by atoms with E-state index in [2.05, 4.69) is 27.2 Å². The molecule has 0 saturated carbocycles. The van der Waals surface area contributed by atoms with Crippen LogP contribution in [-0.2, 0) is 6.42 Å². The lowest BCUT2D eigenvalue weighted by atomic mass is 10.1. The van der Waals surface area contributed by atoms with Crippen LogP contribution in [0.3, 0.4) is 0 Å². The molecule has 0 radical (unpaired) electrons. The molecule has 0 atom stereocenters. The van der Waals surface area contributed by atoms with Gasteiger partial charge in [0.25, 0.3) is 5.91 Å². The fourth-order valence-electron chi connectivity index (χ4n) is 2.74. The second kappa shape index (κ2) is 8.35. The van der Waals surface area contributed by atoms with Gasteiger partial charge in [0, 0.05) is 29.7 Å². The van der Waals surface area contributed by atoms with Gasteiger partial charge in [0.1, 0.15) is 24.2 Å². The first kappa shape index (κ1) is 18.4. The van der Waals surface area contributed by atoms with Crippen LogP contribution < -0.4 is 10.1 Å². The Labute approximate surface area is 168 Å². The quantitative estimate of drug-likeness (QED) is 0.536. The molecular formula is C22H19N5O2. The molecule has 0 fully saturated rings. The number of carbonyl (C=O) groups is 1. The zero-order valence-electron chi connectivity index (χ0n) is 15.8. The Morgan fingerprint density at radius 3 is 2.55 bits per heavy atom. The van der Waals surface area contributed by atoms with E-state index in [-0.39, 0.29) is 5.91 Å². The summed E-state index contributed by atoms with van der Waals surface area (Å²) in [6.45, 7) is 2.08. The van der Waals surface area contributed by atoms with E-state index in [0.717, 1.165) is 6.42 Å². The zero-order chi connectivity index (χ0) is 20.1. The van der Waals surface area contributed by atoms with Gasteiger partial charge in [-0.3, -0.25) is 9.36 Å². The summed E-state index contributed by atoms with van der Waals surface area (Å²) in [5.74, 6) is 1.52. The van der Waals surface area contributed by atoms with Crippen molar-refractivity contribution in [2.75, 3.05) is 5.32 Å². The van der Waals surface area contributed by atoms with Crippen molar-refractivity contribution in [1.82, 2.24) is 19.5 Å². The summed E-state index contributed by atoms with van der Waals surface area (Å²) in [7, 11) is 0. The molecule has 2 aromatic carbocycles. The van der Waals surface area contributed by atoms with Crippen molar-refractivity contribution in [3.63, 3.8) is 0 Å². The summed E-state index contributed by atoms with van der Waals surface area (Å²) in [6.07, 6.45) is 7.50. The van der Waals surface area contributed by atoms with Crippen LogP contribution >= 0.6 is 0 Å². The summed E-state index contributed by atoms with van der Waals surface area (Å²) >= 11 is 0. The zero-order valence-corrected chi connectivity index (χ0v) is 15.8. The Hall–Kier alpha value is -4.00. The first-order chi connectivity index (χ1) is 14.2. The number of aryl methyl sites for hydroxylation is 1.